The van der Waals surface area contributed by atoms with Gasteiger partial charge in [-0.15, -0.1) is 0 Å². The van der Waals surface area contributed by atoms with Gasteiger partial charge in [-0.3, -0.25) is 0 Å². The molecule has 0 spiro atoms. The zero-order valence-corrected chi connectivity index (χ0v) is 24.6. The van der Waals surface area contributed by atoms with Crippen LogP contribution in [0.2, 0.25) is 5.15 Å². The number of hydrogen-bond donors (Lipinski definition) is 3. The van der Waals surface area contributed by atoms with Gasteiger partial charge in [-0.1, -0.05) is 25.4 Å². The minimum absolute atomic E-state index is 0.00473. The summed E-state index contributed by atoms with van der Waals surface area (Å²) in [4.78, 5) is 29.6. The standard InChI is InChI=1S/C26H37ClN4O6S/c1-14(2)12-29-38(34,35)20-9-16-18(30-23(32)36-25(3,4)5)11-19(31-24(33)37-26(6,7)8)22(16)17-13-28-21(27)10-15(17)20/h9-10,13-14,18-19,29H,11-12H2,1-8H3,(H,30,32)(H,31,33)/t18-,19-/m1/s1. The molecule has 3 N–H and O–H groups in total. The number of carbonyl (C=O) groups excluding carboxylic acids is 2. The number of sulfonamides is 1. The van der Waals surface area contributed by atoms with E-state index in [2.05, 4.69) is 20.3 Å². The summed E-state index contributed by atoms with van der Waals surface area (Å²) in [6.45, 7) is 14.5. The molecule has 0 unspecified atom stereocenters. The van der Waals surface area contributed by atoms with Gasteiger partial charge < -0.3 is 20.1 Å². The van der Waals surface area contributed by atoms with Crippen molar-refractivity contribution in [1.82, 2.24) is 20.3 Å². The van der Waals surface area contributed by atoms with E-state index in [1.807, 2.05) is 13.8 Å². The van der Waals surface area contributed by atoms with E-state index >= 15 is 0 Å². The number of nitrogens with zero attached hydrogens (tertiary/aromatic N) is 1. The SMILES string of the molecule is CC(C)CNS(=O)(=O)c1cc2c(c3cnc(Cl)cc13)[C@H](NC(=O)OC(C)(C)C)C[C@H]2NC(=O)OC(C)(C)C. The lowest BCUT2D eigenvalue weighted by Crippen LogP contribution is -2.36. The van der Waals surface area contributed by atoms with E-state index in [1.165, 1.54) is 18.3 Å². The summed E-state index contributed by atoms with van der Waals surface area (Å²) in [5.74, 6) is 0.0831. The molecule has 3 rings (SSSR count). The molecule has 0 saturated heterocycles. The number of alkyl carbamates (subject to hydrolysis) is 2. The summed E-state index contributed by atoms with van der Waals surface area (Å²) in [5.41, 5.74) is -0.312. The molecule has 0 aliphatic heterocycles. The quantitative estimate of drug-likeness (QED) is 0.399. The number of aromatic nitrogens is 1. The van der Waals surface area contributed by atoms with Crippen molar-refractivity contribution < 1.29 is 27.5 Å². The molecule has 1 heterocycles. The summed E-state index contributed by atoms with van der Waals surface area (Å²) < 4.78 is 40.4. The van der Waals surface area contributed by atoms with Crippen molar-refractivity contribution in [3.8, 4) is 0 Å². The van der Waals surface area contributed by atoms with Crippen molar-refractivity contribution in [3.05, 3.63) is 34.6 Å². The Morgan fingerprint density at radius 3 is 2.08 bits per heavy atom. The molecule has 2 aromatic rings. The third-order valence-electron chi connectivity index (χ3n) is 5.57. The van der Waals surface area contributed by atoms with Crippen LogP contribution in [0, 0.1) is 5.92 Å². The molecule has 0 fully saturated rings. The Morgan fingerprint density at radius 1 is 1.00 bits per heavy atom. The van der Waals surface area contributed by atoms with Crippen LogP contribution < -0.4 is 15.4 Å². The number of hydrogen-bond acceptors (Lipinski definition) is 7. The number of ether oxygens (including phenoxy) is 2. The topological polar surface area (TPSA) is 136 Å². The van der Waals surface area contributed by atoms with Crippen LogP contribution >= 0.6 is 11.6 Å². The lowest BCUT2D eigenvalue weighted by molar-refractivity contribution is 0.0492. The van der Waals surface area contributed by atoms with Crippen molar-refractivity contribution in [2.45, 2.75) is 90.0 Å². The molecule has 38 heavy (non-hydrogen) atoms. The van der Waals surface area contributed by atoms with E-state index in [-0.39, 0.29) is 28.9 Å². The van der Waals surface area contributed by atoms with Crippen molar-refractivity contribution in [1.29, 1.82) is 0 Å². The molecule has 2 atom stereocenters. The lowest BCUT2D eigenvalue weighted by Gasteiger charge is -2.23. The molecule has 1 aliphatic carbocycles. The number of rotatable bonds is 6. The van der Waals surface area contributed by atoms with Gasteiger partial charge in [0.05, 0.1) is 17.0 Å². The van der Waals surface area contributed by atoms with Crippen LogP contribution in [-0.4, -0.2) is 43.3 Å². The number of amides is 2. The molecule has 1 aromatic carbocycles. The number of benzene rings is 1. The largest absolute Gasteiger partial charge is 0.444 e. The summed E-state index contributed by atoms with van der Waals surface area (Å²) in [6.07, 6.45) is 0.422. The van der Waals surface area contributed by atoms with Crippen molar-refractivity contribution in [2.24, 2.45) is 5.92 Å². The Bertz CT molecular complexity index is 1330. The first-order chi connectivity index (χ1) is 17.4. The number of fused-ring (bicyclic) bond motifs is 3. The van der Waals surface area contributed by atoms with Gasteiger partial charge in [0.2, 0.25) is 10.0 Å². The highest BCUT2D eigenvalue weighted by atomic mass is 35.5. The number of pyridine rings is 1. The van der Waals surface area contributed by atoms with E-state index < -0.39 is 45.5 Å². The lowest BCUT2D eigenvalue weighted by atomic mass is 10.00. The minimum Gasteiger partial charge on any atom is -0.444 e. The van der Waals surface area contributed by atoms with Gasteiger partial charge in [0.25, 0.3) is 0 Å². The van der Waals surface area contributed by atoms with E-state index in [9.17, 15) is 18.0 Å². The predicted molar refractivity (Wildman–Crippen MR) is 146 cm³/mol. The second kappa shape index (κ2) is 10.9. The van der Waals surface area contributed by atoms with Gasteiger partial charge >= 0.3 is 12.2 Å². The fourth-order valence-electron chi connectivity index (χ4n) is 4.20. The zero-order valence-electron chi connectivity index (χ0n) is 23.1. The Morgan fingerprint density at radius 2 is 1.55 bits per heavy atom. The van der Waals surface area contributed by atoms with Crippen LogP contribution in [0.1, 0.15) is 85.0 Å². The Kier molecular flexibility index (Phi) is 8.55. The summed E-state index contributed by atoms with van der Waals surface area (Å²) in [6, 6.07) is 1.75. The first kappa shape index (κ1) is 29.9. The third-order valence-corrected chi connectivity index (χ3v) is 7.24. The smallest absolute Gasteiger partial charge is 0.408 e. The highest BCUT2D eigenvalue weighted by molar-refractivity contribution is 7.89. The highest BCUT2D eigenvalue weighted by Crippen LogP contribution is 2.45. The molecular formula is C26H37ClN4O6S. The van der Waals surface area contributed by atoms with E-state index in [0.29, 0.717) is 21.9 Å². The van der Waals surface area contributed by atoms with E-state index in [1.54, 1.807) is 41.5 Å². The molecule has 0 saturated carbocycles. The maximum absolute atomic E-state index is 13.4. The second-order valence-corrected chi connectivity index (χ2v) is 13.9. The average Bonchev–Trinajstić information content (AvgIpc) is 3.05. The fraction of sp³-hybridized carbons (Fsp3) is 0.577. The molecule has 1 aliphatic rings. The van der Waals surface area contributed by atoms with Gasteiger partial charge in [-0.25, -0.2) is 27.7 Å². The zero-order chi connectivity index (χ0) is 28.6. The first-order valence-corrected chi connectivity index (χ1v) is 14.3. The van der Waals surface area contributed by atoms with Crippen LogP contribution in [0.15, 0.2) is 23.2 Å². The Labute approximate surface area is 229 Å². The summed E-state index contributed by atoms with van der Waals surface area (Å²) in [7, 11) is -3.96. The minimum atomic E-state index is -3.96. The number of nitrogens with one attached hydrogen (secondary N) is 3. The number of halogens is 1. The first-order valence-electron chi connectivity index (χ1n) is 12.5. The predicted octanol–water partition coefficient (Wildman–Crippen LogP) is 5.36. The highest BCUT2D eigenvalue weighted by Gasteiger charge is 2.38. The third kappa shape index (κ3) is 7.48. The maximum atomic E-state index is 13.4. The second-order valence-electron chi connectivity index (χ2n) is 11.8. The molecule has 210 valence electrons. The normalized spacial score (nSPS) is 17.8. The molecule has 0 radical (unpaired) electrons. The molecule has 1 aromatic heterocycles. The van der Waals surface area contributed by atoms with Gasteiger partial charge in [-0.2, -0.15) is 0 Å². The summed E-state index contributed by atoms with van der Waals surface area (Å²) in [5, 5.41) is 6.67. The molecule has 0 bridgehead atoms. The van der Waals surface area contributed by atoms with Crippen LogP contribution in [0.4, 0.5) is 9.59 Å². The average molecular weight is 569 g/mol. The maximum Gasteiger partial charge on any atom is 0.408 e. The monoisotopic (exact) mass is 568 g/mol. The van der Waals surface area contributed by atoms with Crippen molar-refractivity contribution in [2.75, 3.05) is 6.54 Å². The van der Waals surface area contributed by atoms with Crippen LogP contribution in [0.3, 0.4) is 0 Å². The van der Waals surface area contributed by atoms with E-state index in [4.69, 9.17) is 21.1 Å². The molecule has 2 amide bonds. The molecule has 12 heteroatoms. The van der Waals surface area contributed by atoms with Crippen molar-refractivity contribution >= 4 is 44.6 Å². The summed E-state index contributed by atoms with van der Waals surface area (Å²) >= 11 is 6.18. The number of carbonyl (C=O) groups is 2. The van der Waals surface area contributed by atoms with Crippen LogP contribution in [0.5, 0.6) is 0 Å². The Balaban J connectivity index is 2.17. The van der Waals surface area contributed by atoms with Crippen LogP contribution in [0.25, 0.3) is 10.8 Å². The van der Waals surface area contributed by atoms with Crippen molar-refractivity contribution in [3.63, 3.8) is 0 Å². The van der Waals surface area contributed by atoms with E-state index in [0.717, 1.165) is 0 Å². The molecule has 10 nitrogen and oxygen atoms in total. The van der Waals surface area contributed by atoms with Crippen LogP contribution in [-0.2, 0) is 19.5 Å². The molecular weight excluding hydrogens is 532 g/mol. The van der Waals surface area contributed by atoms with Gasteiger partial charge in [-0.05, 0) is 77.1 Å². The van der Waals surface area contributed by atoms with Gasteiger partial charge in [0, 0.05) is 23.5 Å². The van der Waals surface area contributed by atoms with Gasteiger partial charge in [0.1, 0.15) is 16.4 Å². The Hall–Kier alpha value is -2.63. The van der Waals surface area contributed by atoms with Gasteiger partial charge in [0.15, 0.2) is 0 Å². The fourth-order valence-corrected chi connectivity index (χ4v) is 5.81.